The highest BCUT2D eigenvalue weighted by Gasteiger charge is 2.36. The molecule has 1 amide bonds. The minimum Gasteiger partial charge on any atom is -0.444 e. The molecule has 3 rings (SSSR count). The molecule has 1 aliphatic carbocycles. The molecule has 0 fully saturated rings. The summed E-state index contributed by atoms with van der Waals surface area (Å²) in [6, 6.07) is 17.8. The molecule has 0 radical (unpaired) electrons. The molecule has 1 aliphatic rings. The first-order chi connectivity index (χ1) is 12.3. The number of carbonyl (C=O) groups excluding carboxylic acids is 2. The van der Waals surface area contributed by atoms with Crippen molar-refractivity contribution in [3.8, 4) is 0 Å². The van der Waals surface area contributed by atoms with Gasteiger partial charge in [0.25, 0.3) is 0 Å². The lowest BCUT2D eigenvalue weighted by Crippen LogP contribution is -2.41. The second-order valence-corrected chi connectivity index (χ2v) is 7.73. The van der Waals surface area contributed by atoms with Crippen LogP contribution < -0.4 is 5.32 Å². The molecule has 0 aromatic heterocycles. The number of ether oxygens (including phenoxy) is 1. The molecule has 0 spiro atoms. The number of hydrogen-bond donors (Lipinski definition) is 1. The predicted molar refractivity (Wildman–Crippen MR) is 101 cm³/mol. The van der Waals surface area contributed by atoms with Gasteiger partial charge in [0.05, 0.1) is 0 Å². The van der Waals surface area contributed by atoms with E-state index in [4.69, 9.17) is 4.74 Å². The number of rotatable bonds is 3. The Balaban J connectivity index is 1.84. The van der Waals surface area contributed by atoms with E-state index in [1.807, 2.05) is 75.4 Å². The fraction of sp³-hybridized carbons (Fsp3) is 0.364. The fourth-order valence-electron chi connectivity index (χ4n) is 3.49. The summed E-state index contributed by atoms with van der Waals surface area (Å²) in [6.45, 7) is 5.73. The third-order valence-corrected chi connectivity index (χ3v) is 4.64. The van der Waals surface area contributed by atoms with Crippen LogP contribution in [0.4, 0.5) is 4.79 Å². The van der Waals surface area contributed by atoms with E-state index in [2.05, 4.69) is 5.32 Å². The van der Waals surface area contributed by atoms with Crippen molar-refractivity contribution in [2.24, 2.45) is 5.92 Å². The van der Waals surface area contributed by atoms with E-state index in [-0.39, 0.29) is 24.2 Å². The lowest BCUT2D eigenvalue weighted by atomic mass is 9.72. The van der Waals surface area contributed by atoms with Crippen molar-refractivity contribution in [1.82, 2.24) is 5.32 Å². The number of nitrogens with one attached hydrogen (secondary N) is 1. The predicted octanol–water partition coefficient (Wildman–Crippen LogP) is 4.35. The summed E-state index contributed by atoms with van der Waals surface area (Å²) in [5, 5.41) is 2.79. The molecule has 136 valence electrons. The van der Waals surface area contributed by atoms with E-state index in [1.165, 1.54) is 0 Å². The number of ketones is 1. The Morgan fingerprint density at radius 3 is 2.42 bits per heavy atom. The molecular weight excluding hydrogens is 326 g/mol. The molecule has 26 heavy (non-hydrogen) atoms. The minimum absolute atomic E-state index is 0.0357. The lowest BCUT2D eigenvalue weighted by molar-refractivity contribution is 0.0514. The summed E-state index contributed by atoms with van der Waals surface area (Å²) in [5.41, 5.74) is 2.38. The number of alkyl carbamates (subject to hydrolysis) is 1. The average Bonchev–Trinajstić information content (AvgIpc) is 2.60. The Bertz CT molecular complexity index is 793. The van der Waals surface area contributed by atoms with Crippen molar-refractivity contribution >= 4 is 11.9 Å². The van der Waals surface area contributed by atoms with Gasteiger partial charge in [0.1, 0.15) is 5.60 Å². The molecule has 0 heterocycles. The summed E-state index contributed by atoms with van der Waals surface area (Å²) in [5.74, 6) is -0.190. The second-order valence-electron chi connectivity index (χ2n) is 7.73. The maximum absolute atomic E-state index is 13.1. The fourth-order valence-corrected chi connectivity index (χ4v) is 3.49. The third kappa shape index (κ3) is 4.13. The first-order valence-corrected chi connectivity index (χ1v) is 8.99. The molecule has 2 aromatic carbocycles. The van der Waals surface area contributed by atoms with Crippen molar-refractivity contribution in [2.75, 3.05) is 6.54 Å². The number of benzene rings is 2. The van der Waals surface area contributed by atoms with E-state index >= 15 is 0 Å². The smallest absolute Gasteiger partial charge is 0.407 e. The van der Waals surface area contributed by atoms with E-state index < -0.39 is 11.7 Å². The zero-order valence-electron chi connectivity index (χ0n) is 15.5. The third-order valence-electron chi connectivity index (χ3n) is 4.64. The number of fused-ring (bicyclic) bond motifs is 1. The Morgan fingerprint density at radius 1 is 1.08 bits per heavy atom. The summed E-state index contributed by atoms with van der Waals surface area (Å²) in [6.07, 6.45) is 0.294. The average molecular weight is 351 g/mol. The second kappa shape index (κ2) is 7.32. The Hall–Kier alpha value is -2.62. The Kier molecular flexibility index (Phi) is 5.12. The van der Waals surface area contributed by atoms with Crippen molar-refractivity contribution in [3.05, 3.63) is 71.3 Å². The van der Waals surface area contributed by atoms with Crippen LogP contribution in [0, 0.1) is 5.92 Å². The number of amides is 1. The summed E-state index contributed by atoms with van der Waals surface area (Å²) >= 11 is 0. The summed E-state index contributed by atoms with van der Waals surface area (Å²) < 4.78 is 5.31. The molecule has 1 N–H and O–H groups in total. The van der Waals surface area contributed by atoms with Gasteiger partial charge in [-0.1, -0.05) is 54.6 Å². The van der Waals surface area contributed by atoms with Crippen LogP contribution in [0.1, 0.15) is 48.2 Å². The summed E-state index contributed by atoms with van der Waals surface area (Å²) in [4.78, 5) is 25.2. The number of carbonyl (C=O) groups is 2. The van der Waals surface area contributed by atoms with Crippen LogP contribution in [0.2, 0.25) is 0 Å². The van der Waals surface area contributed by atoms with Crippen molar-refractivity contribution in [1.29, 1.82) is 0 Å². The molecule has 0 saturated heterocycles. The van der Waals surface area contributed by atoms with Crippen molar-refractivity contribution in [3.63, 3.8) is 0 Å². The van der Waals surface area contributed by atoms with Gasteiger partial charge in [-0.05, 0) is 44.2 Å². The van der Waals surface area contributed by atoms with Gasteiger partial charge >= 0.3 is 6.09 Å². The van der Waals surface area contributed by atoms with Crippen LogP contribution in [0.3, 0.4) is 0 Å². The highest BCUT2D eigenvalue weighted by atomic mass is 16.6. The molecule has 2 atom stereocenters. The molecule has 4 heteroatoms. The van der Waals surface area contributed by atoms with Gasteiger partial charge < -0.3 is 10.1 Å². The van der Waals surface area contributed by atoms with E-state index in [1.54, 1.807) is 0 Å². The van der Waals surface area contributed by atoms with Crippen LogP contribution in [-0.2, 0) is 11.2 Å². The zero-order chi connectivity index (χ0) is 18.7. The van der Waals surface area contributed by atoms with Crippen LogP contribution >= 0.6 is 0 Å². The van der Waals surface area contributed by atoms with Gasteiger partial charge in [-0.3, -0.25) is 4.79 Å². The summed E-state index contributed by atoms with van der Waals surface area (Å²) in [7, 11) is 0. The molecule has 0 saturated carbocycles. The van der Waals surface area contributed by atoms with Crippen LogP contribution in [0.15, 0.2) is 54.6 Å². The molecule has 0 aliphatic heterocycles. The van der Waals surface area contributed by atoms with Gasteiger partial charge in [-0.2, -0.15) is 0 Å². The Morgan fingerprint density at radius 2 is 1.73 bits per heavy atom. The molecule has 0 unspecified atom stereocenters. The Labute approximate surface area is 154 Å². The highest BCUT2D eigenvalue weighted by molar-refractivity contribution is 6.01. The van der Waals surface area contributed by atoms with Gasteiger partial charge in [0.15, 0.2) is 5.78 Å². The van der Waals surface area contributed by atoms with Gasteiger partial charge in [0.2, 0.25) is 0 Å². The standard InChI is InChI=1S/C22H25NO3/c1-22(2,3)26-21(25)23-14-19-18(15-9-5-4-6-10-15)13-16-11-7-8-12-17(16)20(19)24/h4-12,18-19H,13-14H2,1-3H3,(H,23,25)/t18-,19-/m1/s1. The lowest BCUT2D eigenvalue weighted by Gasteiger charge is -2.32. The highest BCUT2D eigenvalue weighted by Crippen LogP contribution is 2.36. The van der Waals surface area contributed by atoms with Crippen LogP contribution in [0.5, 0.6) is 0 Å². The minimum atomic E-state index is -0.563. The van der Waals surface area contributed by atoms with E-state index in [0.717, 1.165) is 23.1 Å². The first kappa shape index (κ1) is 18.2. The van der Waals surface area contributed by atoms with Crippen LogP contribution in [0.25, 0.3) is 0 Å². The van der Waals surface area contributed by atoms with E-state index in [9.17, 15) is 9.59 Å². The van der Waals surface area contributed by atoms with Gasteiger partial charge in [-0.25, -0.2) is 4.79 Å². The first-order valence-electron chi connectivity index (χ1n) is 8.99. The monoisotopic (exact) mass is 351 g/mol. The quantitative estimate of drug-likeness (QED) is 0.894. The molecule has 2 aromatic rings. The number of Topliss-reactive ketones (excluding diaryl/α,β-unsaturated/α-hetero) is 1. The zero-order valence-corrected chi connectivity index (χ0v) is 15.5. The van der Waals surface area contributed by atoms with E-state index in [0.29, 0.717) is 0 Å². The molecule has 4 nitrogen and oxygen atoms in total. The maximum Gasteiger partial charge on any atom is 0.407 e. The SMILES string of the molecule is CC(C)(C)OC(=O)NC[C@H]1C(=O)c2ccccc2C[C@@H]1c1ccccc1. The van der Waals surface area contributed by atoms with Gasteiger partial charge in [-0.15, -0.1) is 0 Å². The topological polar surface area (TPSA) is 55.4 Å². The molecular formula is C22H25NO3. The molecule has 0 bridgehead atoms. The van der Waals surface area contributed by atoms with Gasteiger partial charge in [0, 0.05) is 18.0 Å². The van der Waals surface area contributed by atoms with Crippen molar-refractivity contribution in [2.45, 2.75) is 38.7 Å². The van der Waals surface area contributed by atoms with Crippen LogP contribution in [-0.4, -0.2) is 24.0 Å². The number of hydrogen-bond acceptors (Lipinski definition) is 3. The van der Waals surface area contributed by atoms with Crippen molar-refractivity contribution < 1.29 is 14.3 Å². The maximum atomic E-state index is 13.1. The normalized spacial score (nSPS) is 19.6. The largest absolute Gasteiger partial charge is 0.444 e.